The zero-order chi connectivity index (χ0) is 41.0. The van der Waals surface area contributed by atoms with Crippen LogP contribution in [0.15, 0.2) is 158 Å². The number of pyridine rings is 1. The Morgan fingerprint density at radius 3 is 1.02 bits per heavy atom. The van der Waals surface area contributed by atoms with E-state index in [1.165, 1.54) is 0 Å². The van der Waals surface area contributed by atoms with Gasteiger partial charge in [0.15, 0.2) is 40.8 Å². The van der Waals surface area contributed by atoms with Crippen molar-refractivity contribution in [1.82, 2.24) is 49.8 Å². The molecule has 0 N–H and O–H groups in total. The normalized spacial score (nSPS) is 11.3. The Balaban J connectivity index is 1.22. The van der Waals surface area contributed by atoms with Crippen molar-refractivity contribution in [1.29, 1.82) is 0 Å². The summed E-state index contributed by atoms with van der Waals surface area (Å²) in [5.41, 5.74) is 7.50. The zero-order valence-electron chi connectivity index (χ0n) is 33.6. The first-order chi connectivity index (χ1) is 29.3. The number of hydrogen-bond donors (Lipinski definition) is 0. The molecule has 0 saturated heterocycles. The van der Waals surface area contributed by atoms with Gasteiger partial charge >= 0.3 is 0 Å². The highest BCUT2D eigenvalue weighted by Crippen LogP contribution is 2.34. The van der Waals surface area contributed by atoms with Crippen LogP contribution in [0, 0.1) is 0 Å². The van der Waals surface area contributed by atoms with Crippen molar-refractivity contribution in [3.8, 4) is 91.0 Å². The molecule has 5 aromatic carbocycles. The lowest BCUT2D eigenvalue weighted by molar-refractivity contribution is 0.766. The van der Waals surface area contributed by atoms with E-state index >= 15 is 0 Å². The summed E-state index contributed by atoms with van der Waals surface area (Å²) in [7, 11) is 0. The Labute approximate surface area is 348 Å². The maximum atomic E-state index is 5.18. The topological polar surface area (TPSA) is 129 Å². The lowest BCUT2D eigenvalue weighted by Gasteiger charge is -2.13. The van der Waals surface area contributed by atoms with Crippen molar-refractivity contribution in [3.63, 3.8) is 0 Å². The highest BCUT2D eigenvalue weighted by atomic mass is 15.1. The van der Waals surface area contributed by atoms with Gasteiger partial charge in [0, 0.05) is 62.5 Å². The van der Waals surface area contributed by atoms with Crippen LogP contribution in [0.3, 0.4) is 0 Å². The third kappa shape index (κ3) is 8.17. The maximum Gasteiger partial charge on any atom is 0.164 e. The minimum Gasteiger partial charge on any atom is -0.256 e. The smallest absolute Gasteiger partial charge is 0.164 e. The summed E-state index contributed by atoms with van der Waals surface area (Å²) in [4.78, 5) is 49.6. The quantitative estimate of drug-likeness (QED) is 0.132. The maximum absolute atomic E-state index is 5.18. The summed E-state index contributed by atoms with van der Waals surface area (Å²) in [6.07, 6.45) is 1.79. The highest BCUT2D eigenvalue weighted by molar-refractivity contribution is 5.78. The lowest BCUT2D eigenvalue weighted by Crippen LogP contribution is -2.05. The first-order valence-corrected chi connectivity index (χ1v) is 20.0. The molecular formula is C50H40N10. The van der Waals surface area contributed by atoms with E-state index in [1.54, 1.807) is 6.20 Å². The summed E-state index contributed by atoms with van der Waals surface area (Å²) < 4.78 is 0. The first kappa shape index (κ1) is 37.8. The fraction of sp³-hybridized carbons (Fsp3) is 0.120. The number of rotatable bonds is 10. The van der Waals surface area contributed by atoms with E-state index in [9.17, 15) is 0 Å². The van der Waals surface area contributed by atoms with Crippen LogP contribution in [0.4, 0.5) is 0 Å². The van der Waals surface area contributed by atoms with Crippen LogP contribution in [-0.4, -0.2) is 49.8 Å². The molecule has 10 nitrogen and oxygen atoms in total. The summed E-state index contributed by atoms with van der Waals surface area (Å²) in [6, 6.07) is 49.9. The van der Waals surface area contributed by atoms with E-state index in [4.69, 9.17) is 49.8 Å². The average Bonchev–Trinajstić information content (AvgIpc) is 3.32. The first-order valence-electron chi connectivity index (χ1n) is 20.0. The molecule has 10 heteroatoms. The van der Waals surface area contributed by atoms with Crippen molar-refractivity contribution in [3.05, 3.63) is 170 Å². The van der Waals surface area contributed by atoms with Crippen LogP contribution in [0.5, 0.6) is 0 Å². The molecule has 0 saturated carbocycles. The van der Waals surface area contributed by atoms with Gasteiger partial charge in [-0.25, -0.2) is 44.9 Å². The van der Waals surface area contributed by atoms with E-state index in [1.807, 2.05) is 140 Å². The van der Waals surface area contributed by atoms with Crippen molar-refractivity contribution < 1.29 is 0 Å². The highest BCUT2D eigenvalue weighted by Gasteiger charge is 2.19. The fourth-order valence-electron chi connectivity index (χ4n) is 6.71. The second-order valence-corrected chi connectivity index (χ2v) is 15.0. The van der Waals surface area contributed by atoms with Crippen molar-refractivity contribution in [2.45, 2.75) is 39.5 Å². The van der Waals surface area contributed by atoms with Crippen LogP contribution in [-0.2, 0) is 0 Å². The van der Waals surface area contributed by atoms with E-state index < -0.39 is 0 Å². The molecule has 9 aromatic rings. The Morgan fingerprint density at radius 2 is 0.600 bits per heavy atom. The SMILES string of the molecule is CC(C)c1nc(-c2ccccc2)nc(-c2cccc(-c3nc(-c4ccccc4)nc(-c4cc(-c5ccccn5)cc(-c5nc(-c6ccccc6)nc(C(C)C)n5)c4)n3)c2)n1. The molecule has 290 valence electrons. The molecule has 0 fully saturated rings. The lowest BCUT2D eigenvalue weighted by atomic mass is 10.0. The Bertz CT molecular complexity index is 2920. The fourth-order valence-corrected chi connectivity index (χ4v) is 6.71. The van der Waals surface area contributed by atoms with Gasteiger partial charge in [-0.15, -0.1) is 0 Å². The minimum absolute atomic E-state index is 0.0716. The summed E-state index contributed by atoms with van der Waals surface area (Å²) >= 11 is 0. The average molecular weight is 781 g/mol. The van der Waals surface area contributed by atoms with E-state index in [0.29, 0.717) is 46.6 Å². The van der Waals surface area contributed by atoms with Crippen LogP contribution < -0.4 is 0 Å². The molecule has 0 bridgehead atoms. The van der Waals surface area contributed by atoms with Gasteiger partial charge in [-0.05, 0) is 36.4 Å². The van der Waals surface area contributed by atoms with E-state index in [2.05, 4.69) is 39.8 Å². The Hall–Kier alpha value is -7.72. The minimum atomic E-state index is 0.0716. The molecule has 4 aromatic heterocycles. The van der Waals surface area contributed by atoms with Crippen molar-refractivity contribution in [2.24, 2.45) is 0 Å². The molecule has 0 spiro atoms. The van der Waals surface area contributed by atoms with Gasteiger partial charge in [0.25, 0.3) is 0 Å². The van der Waals surface area contributed by atoms with Gasteiger partial charge in [-0.1, -0.05) is 143 Å². The molecule has 4 heterocycles. The second-order valence-electron chi connectivity index (χ2n) is 15.0. The van der Waals surface area contributed by atoms with Gasteiger partial charge in [0.1, 0.15) is 11.6 Å². The largest absolute Gasteiger partial charge is 0.256 e. The van der Waals surface area contributed by atoms with Gasteiger partial charge in [-0.3, -0.25) is 4.98 Å². The molecule has 0 amide bonds. The number of benzene rings is 5. The standard InChI is InChI=1S/C50H40N10/c1-31(2)42-52-44(33-17-8-5-9-18-33)56-47(54-42)36-23-16-24-37(27-36)48-57-46(35-21-12-7-13-22-35)59-50(60-48)40-29-38(41-25-14-15-26-51-41)28-39(30-40)49-55-43(32(3)4)53-45(58-49)34-19-10-6-11-20-34/h5-32H,1-4H3. The number of hydrogen-bond acceptors (Lipinski definition) is 10. The molecule has 0 atom stereocenters. The monoisotopic (exact) mass is 780 g/mol. The van der Waals surface area contributed by atoms with Crippen LogP contribution in [0.1, 0.15) is 51.2 Å². The third-order valence-electron chi connectivity index (χ3n) is 9.86. The van der Waals surface area contributed by atoms with Crippen molar-refractivity contribution in [2.75, 3.05) is 0 Å². The summed E-state index contributed by atoms with van der Waals surface area (Å²) in [6.45, 7) is 8.34. The number of aromatic nitrogens is 10. The van der Waals surface area contributed by atoms with Crippen molar-refractivity contribution >= 4 is 0 Å². The summed E-state index contributed by atoms with van der Waals surface area (Å²) in [5, 5.41) is 0. The van der Waals surface area contributed by atoms with Crippen LogP contribution in [0.25, 0.3) is 91.0 Å². The van der Waals surface area contributed by atoms with E-state index in [0.717, 1.165) is 56.0 Å². The molecule has 0 radical (unpaired) electrons. The third-order valence-corrected chi connectivity index (χ3v) is 9.86. The molecule has 0 aliphatic heterocycles. The van der Waals surface area contributed by atoms with Crippen LogP contribution in [0.2, 0.25) is 0 Å². The molecular weight excluding hydrogens is 741 g/mol. The van der Waals surface area contributed by atoms with Gasteiger partial charge < -0.3 is 0 Å². The second kappa shape index (κ2) is 16.6. The zero-order valence-corrected chi connectivity index (χ0v) is 33.6. The Kier molecular flexibility index (Phi) is 10.5. The summed E-state index contributed by atoms with van der Waals surface area (Å²) in [5.74, 6) is 5.47. The Morgan fingerprint density at radius 1 is 0.283 bits per heavy atom. The van der Waals surface area contributed by atoms with E-state index in [-0.39, 0.29) is 11.8 Å². The molecule has 60 heavy (non-hydrogen) atoms. The van der Waals surface area contributed by atoms with Crippen LogP contribution >= 0.6 is 0 Å². The molecule has 0 aliphatic rings. The van der Waals surface area contributed by atoms with Gasteiger partial charge in [-0.2, -0.15) is 0 Å². The molecule has 0 aliphatic carbocycles. The molecule has 9 rings (SSSR count). The predicted octanol–water partition coefficient (Wildman–Crippen LogP) is 11.2. The molecule has 0 unspecified atom stereocenters. The van der Waals surface area contributed by atoms with Gasteiger partial charge in [0.05, 0.1) is 5.69 Å². The van der Waals surface area contributed by atoms with Gasteiger partial charge in [0.2, 0.25) is 0 Å². The predicted molar refractivity (Wildman–Crippen MR) is 236 cm³/mol. The number of nitrogens with zero attached hydrogens (tertiary/aromatic N) is 10.